The van der Waals surface area contributed by atoms with E-state index in [9.17, 15) is 9.59 Å². The molecule has 0 atom stereocenters. The predicted molar refractivity (Wildman–Crippen MR) is 98.0 cm³/mol. The molecule has 0 aliphatic heterocycles. The topological polar surface area (TPSA) is 61.4 Å². The highest BCUT2D eigenvalue weighted by Gasteiger charge is 2.19. The molecule has 0 saturated heterocycles. The summed E-state index contributed by atoms with van der Waals surface area (Å²) in [4.78, 5) is 26.2. The fourth-order valence-electron chi connectivity index (χ4n) is 3.04. The van der Waals surface area contributed by atoms with Crippen LogP contribution in [0, 0.1) is 5.92 Å². The maximum atomic E-state index is 12.3. The van der Waals surface area contributed by atoms with Crippen LogP contribution in [-0.4, -0.2) is 36.3 Å². The normalized spacial score (nSPS) is 15.5. The molecule has 1 fully saturated rings. The molecule has 5 heteroatoms. The van der Waals surface area contributed by atoms with Crippen molar-refractivity contribution < 1.29 is 9.59 Å². The smallest absolute Gasteiger partial charge is 0.238 e. The van der Waals surface area contributed by atoms with Gasteiger partial charge in [0.25, 0.3) is 0 Å². The lowest BCUT2D eigenvalue weighted by atomic mass is 9.94. The molecule has 5 nitrogen and oxygen atoms in total. The lowest BCUT2D eigenvalue weighted by Crippen LogP contribution is -2.39. The first-order chi connectivity index (χ1) is 11.5. The predicted octanol–water partition coefficient (Wildman–Crippen LogP) is 3.48. The average Bonchev–Trinajstić information content (AvgIpc) is 2.55. The van der Waals surface area contributed by atoms with Crippen LogP contribution in [0.25, 0.3) is 0 Å². The average molecular weight is 331 g/mol. The Morgan fingerprint density at radius 2 is 1.75 bits per heavy atom. The molecule has 0 heterocycles. The number of hydrogen-bond acceptors (Lipinski definition) is 3. The number of rotatable bonds is 6. The Kier molecular flexibility index (Phi) is 6.79. The quantitative estimate of drug-likeness (QED) is 0.839. The van der Waals surface area contributed by atoms with Crippen LogP contribution >= 0.6 is 0 Å². The Bertz CT molecular complexity index is 565. The number of benzene rings is 1. The van der Waals surface area contributed by atoms with Gasteiger partial charge in [0.05, 0.1) is 6.54 Å². The van der Waals surface area contributed by atoms with Crippen molar-refractivity contribution in [1.29, 1.82) is 0 Å². The summed E-state index contributed by atoms with van der Waals surface area (Å²) >= 11 is 0. The van der Waals surface area contributed by atoms with Crippen molar-refractivity contribution in [1.82, 2.24) is 4.90 Å². The van der Waals surface area contributed by atoms with Gasteiger partial charge in [-0.3, -0.25) is 14.5 Å². The number of nitrogens with one attached hydrogen (secondary N) is 2. The third kappa shape index (κ3) is 5.64. The SMILES string of the molecule is CC(C)C(=O)Nc1cccc(NC(=O)CN(C)C2CCCCC2)c1. The molecular formula is C19H29N3O2. The molecular weight excluding hydrogens is 302 g/mol. The molecule has 2 N–H and O–H groups in total. The minimum Gasteiger partial charge on any atom is -0.326 e. The second-order valence-corrected chi connectivity index (χ2v) is 6.98. The van der Waals surface area contributed by atoms with Crippen molar-refractivity contribution in [3.63, 3.8) is 0 Å². The van der Waals surface area contributed by atoms with E-state index < -0.39 is 0 Å². The van der Waals surface area contributed by atoms with Gasteiger partial charge in [-0.05, 0) is 38.1 Å². The van der Waals surface area contributed by atoms with E-state index in [0.717, 1.165) is 0 Å². The second kappa shape index (κ2) is 8.83. The minimum atomic E-state index is -0.0765. The van der Waals surface area contributed by atoms with E-state index in [1.807, 2.05) is 39.1 Å². The van der Waals surface area contributed by atoms with E-state index in [1.54, 1.807) is 6.07 Å². The van der Waals surface area contributed by atoms with Gasteiger partial charge in [-0.25, -0.2) is 0 Å². The van der Waals surface area contributed by atoms with Crippen molar-refractivity contribution >= 4 is 23.2 Å². The number of likely N-dealkylation sites (N-methyl/N-ethyl adjacent to an activating group) is 1. The molecule has 0 bridgehead atoms. The van der Waals surface area contributed by atoms with Crippen molar-refractivity contribution in [2.75, 3.05) is 24.2 Å². The number of carbonyl (C=O) groups is 2. The fourth-order valence-corrected chi connectivity index (χ4v) is 3.04. The molecule has 1 aromatic rings. The van der Waals surface area contributed by atoms with Gasteiger partial charge in [0.1, 0.15) is 0 Å². The van der Waals surface area contributed by atoms with Gasteiger partial charge in [0.15, 0.2) is 0 Å². The summed E-state index contributed by atoms with van der Waals surface area (Å²) in [6.07, 6.45) is 6.19. The Morgan fingerprint density at radius 1 is 1.12 bits per heavy atom. The van der Waals surface area contributed by atoms with Crippen molar-refractivity contribution in [2.24, 2.45) is 5.92 Å². The van der Waals surface area contributed by atoms with Gasteiger partial charge in [0.2, 0.25) is 11.8 Å². The van der Waals surface area contributed by atoms with Crippen LogP contribution < -0.4 is 10.6 Å². The molecule has 0 spiro atoms. The highest BCUT2D eigenvalue weighted by atomic mass is 16.2. The number of carbonyl (C=O) groups excluding carboxylic acids is 2. The van der Waals surface area contributed by atoms with Gasteiger partial charge in [-0.15, -0.1) is 0 Å². The zero-order valence-electron chi connectivity index (χ0n) is 15.0. The summed E-state index contributed by atoms with van der Waals surface area (Å²) in [5, 5.41) is 5.77. The highest BCUT2D eigenvalue weighted by Crippen LogP contribution is 2.21. The minimum absolute atomic E-state index is 0.0181. The van der Waals surface area contributed by atoms with Gasteiger partial charge < -0.3 is 10.6 Å². The lowest BCUT2D eigenvalue weighted by Gasteiger charge is -2.30. The Morgan fingerprint density at radius 3 is 2.38 bits per heavy atom. The summed E-state index contributed by atoms with van der Waals surface area (Å²) in [5.74, 6) is -0.127. The van der Waals surface area contributed by atoms with Crippen molar-refractivity contribution in [3.8, 4) is 0 Å². The zero-order chi connectivity index (χ0) is 17.5. The Labute approximate surface area is 144 Å². The summed E-state index contributed by atoms with van der Waals surface area (Å²) in [6, 6.07) is 7.80. The van der Waals surface area contributed by atoms with Gasteiger partial charge in [-0.2, -0.15) is 0 Å². The standard InChI is InChI=1S/C19H29N3O2/c1-14(2)19(24)21-16-9-7-8-15(12-16)20-18(23)13-22(3)17-10-5-4-6-11-17/h7-9,12,14,17H,4-6,10-11,13H2,1-3H3,(H,20,23)(H,21,24). The molecule has 2 rings (SSSR count). The van der Waals surface area contributed by atoms with Crippen LogP contribution in [-0.2, 0) is 9.59 Å². The molecule has 0 aromatic heterocycles. The van der Waals surface area contributed by atoms with E-state index in [2.05, 4.69) is 15.5 Å². The molecule has 1 saturated carbocycles. The van der Waals surface area contributed by atoms with Crippen LogP contribution in [0.3, 0.4) is 0 Å². The molecule has 2 amide bonds. The van der Waals surface area contributed by atoms with Crippen LogP contribution in [0.5, 0.6) is 0 Å². The molecule has 24 heavy (non-hydrogen) atoms. The monoisotopic (exact) mass is 331 g/mol. The van der Waals surface area contributed by atoms with Gasteiger partial charge in [0, 0.05) is 23.3 Å². The van der Waals surface area contributed by atoms with E-state index in [-0.39, 0.29) is 17.7 Å². The maximum absolute atomic E-state index is 12.3. The Balaban J connectivity index is 1.88. The van der Waals surface area contributed by atoms with E-state index in [4.69, 9.17) is 0 Å². The first kappa shape index (κ1) is 18.5. The van der Waals surface area contributed by atoms with Crippen LogP contribution in [0.4, 0.5) is 11.4 Å². The molecule has 1 aromatic carbocycles. The van der Waals surface area contributed by atoms with E-state index in [0.29, 0.717) is 24.0 Å². The van der Waals surface area contributed by atoms with Crippen molar-refractivity contribution in [2.45, 2.75) is 52.0 Å². The van der Waals surface area contributed by atoms with E-state index in [1.165, 1.54) is 32.1 Å². The first-order valence-corrected chi connectivity index (χ1v) is 8.86. The van der Waals surface area contributed by atoms with Crippen LogP contribution in [0.1, 0.15) is 46.0 Å². The van der Waals surface area contributed by atoms with E-state index >= 15 is 0 Å². The van der Waals surface area contributed by atoms with Gasteiger partial charge in [-0.1, -0.05) is 39.2 Å². The first-order valence-electron chi connectivity index (χ1n) is 8.86. The van der Waals surface area contributed by atoms with Crippen LogP contribution in [0.15, 0.2) is 24.3 Å². The molecule has 1 aliphatic carbocycles. The third-order valence-electron chi connectivity index (χ3n) is 4.53. The molecule has 0 unspecified atom stereocenters. The largest absolute Gasteiger partial charge is 0.326 e. The lowest BCUT2D eigenvalue weighted by molar-refractivity contribution is -0.119. The number of hydrogen-bond donors (Lipinski definition) is 2. The summed E-state index contributed by atoms with van der Waals surface area (Å²) in [5.41, 5.74) is 1.41. The summed E-state index contributed by atoms with van der Waals surface area (Å²) in [6.45, 7) is 4.09. The maximum Gasteiger partial charge on any atom is 0.238 e. The number of anilines is 2. The number of amides is 2. The number of nitrogens with zero attached hydrogens (tertiary/aromatic N) is 1. The fraction of sp³-hybridized carbons (Fsp3) is 0.579. The second-order valence-electron chi connectivity index (χ2n) is 6.98. The summed E-state index contributed by atoms with van der Waals surface area (Å²) in [7, 11) is 2.02. The molecule has 1 aliphatic rings. The zero-order valence-corrected chi connectivity index (χ0v) is 15.0. The summed E-state index contributed by atoms with van der Waals surface area (Å²) < 4.78 is 0. The van der Waals surface area contributed by atoms with Gasteiger partial charge >= 0.3 is 0 Å². The Hall–Kier alpha value is -1.88. The third-order valence-corrected chi connectivity index (χ3v) is 4.53. The molecule has 132 valence electrons. The van der Waals surface area contributed by atoms with Crippen molar-refractivity contribution in [3.05, 3.63) is 24.3 Å². The molecule has 0 radical (unpaired) electrons. The highest BCUT2D eigenvalue weighted by molar-refractivity contribution is 5.95. The van der Waals surface area contributed by atoms with Crippen LogP contribution in [0.2, 0.25) is 0 Å².